The molecule has 1 atom stereocenters. The fourth-order valence-corrected chi connectivity index (χ4v) is 3.87. The number of carbonyl (C=O) groups excluding carboxylic acids is 3. The predicted octanol–water partition coefficient (Wildman–Crippen LogP) is 3.24. The number of hydrogen-bond acceptors (Lipinski definition) is 6. The van der Waals surface area contributed by atoms with Crippen molar-refractivity contribution >= 4 is 18.0 Å². The SMILES string of the molecule is C=CCOC(=O)C[C@@H]1C(=O)OCN1C(=O)OCC1c2ccccc2-c2ccccc21. The summed E-state index contributed by atoms with van der Waals surface area (Å²) in [5, 5.41) is 0. The predicted molar refractivity (Wildman–Crippen MR) is 107 cm³/mol. The number of fused-ring (bicyclic) bond motifs is 3. The van der Waals surface area contributed by atoms with Crippen LogP contribution in [0.15, 0.2) is 61.2 Å². The van der Waals surface area contributed by atoms with Gasteiger partial charge in [0.15, 0.2) is 6.73 Å². The second kappa shape index (κ2) is 8.41. The Morgan fingerprint density at radius 2 is 1.70 bits per heavy atom. The van der Waals surface area contributed by atoms with Crippen LogP contribution in [0.3, 0.4) is 0 Å². The topological polar surface area (TPSA) is 82.1 Å². The highest BCUT2D eigenvalue weighted by molar-refractivity contribution is 5.88. The molecule has 1 aliphatic carbocycles. The van der Waals surface area contributed by atoms with Gasteiger partial charge in [0.2, 0.25) is 0 Å². The first-order valence-electron chi connectivity index (χ1n) is 9.65. The molecule has 2 aliphatic rings. The van der Waals surface area contributed by atoms with E-state index in [1.54, 1.807) is 0 Å². The molecule has 2 aromatic carbocycles. The molecule has 154 valence electrons. The van der Waals surface area contributed by atoms with Crippen molar-refractivity contribution in [2.45, 2.75) is 18.4 Å². The maximum Gasteiger partial charge on any atom is 0.413 e. The maximum absolute atomic E-state index is 12.7. The molecule has 30 heavy (non-hydrogen) atoms. The highest BCUT2D eigenvalue weighted by Gasteiger charge is 2.41. The van der Waals surface area contributed by atoms with Crippen molar-refractivity contribution in [3.63, 3.8) is 0 Å². The molecule has 1 fully saturated rings. The molecule has 1 aliphatic heterocycles. The summed E-state index contributed by atoms with van der Waals surface area (Å²) in [4.78, 5) is 37.6. The zero-order chi connectivity index (χ0) is 21.1. The van der Waals surface area contributed by atoms with Crippen molar-refractivity contribution in [3.8, 4) is 11.1 Å². The molecular weight excluding hydrogens is 386 g/mol. The fraction of sp³-hybridized carbons (Fsp3) is 0.261. The largest absolute Gasteiger partial charge is 0.461 e. The number of esters is 2. The average Bonchev–Trinajstić information content (AvgIpc) is 3.28. The highest BCUT2D eigenvalue weighted by atomic mass is 16.6. The Hall–Kier alpha value is -3.61. The molecule has 0 aromatic heterocycles. The van der Waals surface area contributed by atoms with E-state index < -0.39 is 24.1 Å². The lowest BCUT2D eigenvalue weighted by Gasteiger charge is -2.21. The van der Waals surface area contributed by atoms with Crippen molar-refractivity contribution in [3.05, 3.63) is 72.3 Å². The number of hydrogen-bond donors (Lipinski definition) is 0. The summed E-state index contributed by atoms with van der Waals surface area (Å²) in [6.45, 7) is 3.36. The van der Waals surface area contributed by atoms with Gasteiger partial charge in [-0.1, -0.05) is 61.2 Å². The number of carbonyl (C=O) groups is 3. The van der Waals surface area contributed by atoms with Crippen LogP contribution in [-0.2, 0) is 23.8 Å². The normalized spacial score (nSPS) is 17.1. The van der Waals surface area contributed by atoms with Crippen molar-refractivity contribution in [1.82, 2.24) is 4.90 Å². The van der Waals surface area contributed by atoms with Gasteiger partial charge in [0.05, 0.1) is 6.42 Å². The second-order valence-corrected chi connectivity index (χ2v) is 7.06. The van der Waals surface area contributed by atoms with Gasteiger partial charge in [-0.3, -0.25) is 9.69 Å². The minimum Gasteiger partial charge on any atom is -0.461 e. The summed E-state index contributed by atoms with van der Waals surface area (Å²) >= 11 is 0. The molecule has 0 spiro atoms. The molecule has 0 bridgehead atoms. The number of ether oxygens (including phenoxy) is 3. The van der Waals surface area contributed by atoms with E-state index in [1.165, 1.54) is 6.08 Å². The van der Waals surface area contributed by atoms with Gasteiger partial charge in [-0.2, -0.15) is 0 Å². The van der Waals surface area contributed by atoms with Crippen LogP contribution in [0.4, 0.5) is 4.79 Å². The van der Waals surface area contributed by atoms with Gasteiger partial charge in [0.1, 0.15) is 19.3 Å². The van der Waals surface area contributed by atoms with Crippen molar-refractivity contribution < 1.29 is 28.6 Å². The number of benzene rings is 2. The van der Waals surface area contributed by atoms with E-state index in [2.05, 4.69) is 6.58 Å². The third kappa shape index (κ3) is 3.66. The standard InChI is InChI=1S/C23H21NO6/c1-2-11-28-21(25)12-20-22(26)30-14-24(20)23(27)29-13-19-17-9-5-3-7-15(17)16-8-4-6-10-18(16)19/h2-10,19-20H,1,11-14H2/t20-/m1/s1. The lowest BCUT2D eigenvalue weighted by molar-refractivity contribution is -0.147. The Morgan fingerprint density at radius 3 is 2.33 bits per heavy atom. The summed E-state index contributed by atoms with van der Waals surface area (Å²) in [6, 6.07) is 15.0. The van der Waals surface area contributed by atoms with Gasteiger partial charge in [-0.25, -0.2) is 9.59 Å². The smallest absolute Gasteiger partial charge is 0.413 e. The Balaban J connectivity index is 1.45. The maximum atomic E-state index is 12.7. The van der Waals surface area contributed by atoms with Crippen LogP contribution in [0.1, 0.15) is 23.5 Å². The van der Waals surface area contributed by atoms with E-state index >= 15 is 0 Å². The Morgan fingerprint density at radius 1 is 1.07 bits per heavy atom. The van der Waals surface area contributed by atoms with Gasteiger partial charge < -0.3 is 14.2 Å². The van der Waals surface area contributed by atoms with Crippen LogP contribution >= 0.6 is 0 Å². The highest BCUT2D eigenvalue weighted by Crippen LogP contribution is 2.44. The Kier molecular flexibility index (Phi) is 5.52. The zero-order valence-corrected chi connectivity index (χ0v) is 16.3. The summed E-state index contributed by atoms with van der Waals surface area (Å²) in [7, 11) is 0. The average molecular weight is 407 g/mol. The lowest BCUT2D eigenvalue weighted by Crippen LogP contribution is -2.40. The third-order valence-corrected chi connectivity index (χ3v) is 5.29. The van der Waals surface area contributed by atoms with E-state index in [9.17, 15) is 14.4 Å². The number of nitrogens with zero attached hydrogens (tertiary/aromatic N) is 1. The minimum absolute atomic E-state index is 0.0333. The molecular formula is C23H21NO6. The molecule has 4 rings (SSSR count). The van der Waals surface area contributed by atoms with Gasteiger partial charge >= 0.3 is 18.0 Å². The number of cyclic esters (lactones) is 1. The van der Waals surface area contributed by atoms with E-state index in [1.807, 2.05) is 48.5 Å². The van der Waals surface area contributed by atoms with Gasteiger partial charge in [-0.05, 0) is 22.3 Å². The Bertz CT molecular complexity index is 955. The second-order valence-electron chi connectivity index (χ2n) is 7.06. The molecule has 0 unspecified atom stereocenters. The molecule has 7 heteroatoms. The first-order chi connectivity index (χ1) is 14.6. The molecule has 1 saturated heterocycles. The molecule has 7 nitrogen and oxygen atoms in total. The molecule has 1 heterocycles. The summed E-state index contributed by atoms with van der Waals surface area (Å²) in [5.41, 5.74) is 4.42. The minimum atomic E-state index is -1.06. The van der Waals surface area contributed by atoms with E-state index in [0.29, 0.717) is 0 Å². The molecule has 1 amide bonds. The molecule has 2 aromatic rings. The van der Waals surface area contributed by atoms with Gasteiger partial charge in [0.25, 0.3) is 0 Å². The van der Waals surface area contributed by atoms with E-state index in [0.717, 1.165) is 27.2 Å². The summed E-state index contributed by atoms with van der Waals surface area (Å²) < 4.78 is 15.4. The van der Waals surface area contributed by atoms with E-state index in [-0.39, 0.29) is 32.3 Å². The fourth-order valence-electron chi connectivity index (χ4n) is 3.87. The number of amides is 1. The quantitative estimate of drug-likeness (QED) is 0.415. The van der Waals surface area contributed by atoms with Crippen molar-refractivity contribution in [2.24, 2.45) is 0 Å². The number of rotatable bonds is 6. The lowest BCUT2D eigenvalue weighted by atomic mass is 9.98. The van der Waals surface area contributed by atoms with Gasteiger partial charge in [-0.15, -0.1) is 0 Å². The van der Waals surface area contributed by atoms with Gasteiger partial charge in [0, 0.05) is 5.92 Å². The van der Waals surface area contributed by atoms with E-state index in [4.69, 9.17) is 14.2 Å². The van der Waals surface area contributed by atoms with Crippen LogP contribution in [-0.4, -0.2) is 48.9 Å². The van der Waals surface area contributed by atoms with Crippen LogP contribution < -0.4 is 0 Å². The Labute approximate surface area is 173 Å². The van der Waals surface area contributed by atoms with Crippen LogP contribution in [0.5, 0.6) is 0 Å². The third-order valence-electron chi connectivity index (χ3n) is 5.29. The monoisotopic (exact) mass is 407 g/mol. The van der Waals surface area contributed by atoms with Crippen LogP contribution in [0.25, 0.3) is 11.1 Å². The molecule has 0 N–H and O–H groups in total. The van der Waals surface area contributed by atoms with Crippen LogP contribution in [0, 0.1) is 0 Å². The van der Waals surface area contributed by atoms with Crippen LogP contribution in [0.2, 0.25) is 0 Å². The summed E-state index contributed by atoms with van der Waals surface area (Å²) in [6.07, 6.45) is 0.426. The first kappa shape index (κ1) is 19.7. The molecule has 0 radical (unpaired) electrons. The van der Waals surface area contributed by atoms with Crippen molar-refractivity contribution in [1.29, 1.82) is 0 Å². The van der Waals surface area contributed by atoms with Crippen molar-refractivity contribution in [2.75, 3.05) is 19.9 Å². The summed E-state index contributed by atoms with van der Waals surface area (Å²) in [5.74, 6) is -1.37. The zero-order valence-electron chi connectivity index (χ0n) is 16.3. The molecule has 0 saturated carbocycles. The first-order valence-corrected chi connectivity index (χ1v) is 9.65.